The lowest BCUT2D eigenvalue weighted by atomic mass is 9.78. The largest absolute Gasteiger partial charge is 0.508 e. The molecule has 1 amide bonds. The number of aromatic nitrogens is 1. The molecule has 3 heterocycles. The summed E-state index contributed by atoms with van der Waals surface area (Å²) in [4.78, 5) is 51.4. The number of aliphatic hydroxyl groups excluding tert-OH is 1. The smallest absolute Gasteiger partial charge is 0.354 e. The van der Waals surface area contributed by atoms with Crippen LogP contribution < -0.4 is 5.56 Å². The predicted octanol–water partition coefficient (Wildman–Crippen LogP) is 2.11. The zero-order valence-corrected chi connectivity index (χ0v) is 19.7. The second-order valence-electron chi connectivity index (χ2n) is 8.81. The molecular formula is C23H21N3O8S. The van der Waals surface area contributed by atoms with Crippen LogP contribution in [0.4, 0.5) is 5.69 Å². The highest BCUT2D eigenvalue weighted by Gasteiger charge is 2.60. The first kappa shape index (κ1) is 23.0. The zero-order chi connectivity index (χ0) is 25.3. The zero-order valence-electron chi connectivity index (χ0n) is 18.9. The summed E-state index contributed by atoms with van der Waals surface area (Å²) in [6, 6.07) is 5.39. The van der Waals surface area contributed by atoms with Crippen LogP contribution in [0.2, 0.25) is 0 Å². The number of benzene rings is 2. The molecule has 0 bridgehead atoms. The maximum absolute atomic E-state index is 13.4. The van der Waals surface area contributed by atoms with Crippen LogP contribution in [0.25, 0.3) is 20.9 Å². The van der Waals surface area contributed by atoms with E-state index in [1.54, 1.807) is 6.07 Å². The van der Waals surface area contributed by atoms with Gasteiger partial charge in [-0.3, -0.25) is 23.7 Å². The highest BCUT2D eigenvalue weighted by atomic mass is 32.1. The van der Waals surface area contributed by atoms with E-state index in [4.69, 9.17) is 4.74 Å². The maximum Gasteiger partial charge on any atom is 0.354 e. The van der Waals surface area contributed by atoms with Gasteiger partial charge in [-0.25, -0.2) is 4.79 Å². The third kappa shape index (κ3) is 3.17. The second kappa shape index (κ2) is 7.89. The van der Waals surface area contributed by atoms with E-state index in [-0.39, 0.29) is 34.7 Å². The standard InChI is InChI=1S/C23H21N3O8S/c1-9-14(20(23(31)34-3)25-18(9)16(10(2)27)22(25)30)8-24-21(29)17-15(35-24)6-11-4-5-12(28)7-13(11)19(17)26(32)33/h4-7,9-10,16,18,27-28H,8H2,1-3H3/t9-,10+,16+,18?/m0/s1. The fourth-order valence-corrected chi connectivity index (χ4v) is 6.36. The molecule has 5 rings (SSSR count). The molecule has 0 spiro atoms. The van der Waals surface area contributed by atoms with Crippen LogP contribution in [0.1, 0.15) is 13.8 Å². The van der Waals surface area contributed by atoms with Gasteiger partial charge in [0.1, 0.15) is 16.8 Å². The number of phenolic OH excluding ortho intramolecular Hbond substituents is 1. The molecule has 2 aliphatic rings. The molecular weight excluding hydrogens is 478 g/mol. The first-order valence-electron chi connectivity index (χ1n) is 10.8. The lowest BCUT2D eigenvalue weighted by Crippen LogP contribution is -2.63. The van der Waals surface area contributed by atoms with E-state index in [2.05, 4.69) is 0 Å². The lowest BCUT2D eigenvalue weighted by Gasteiger charge is -2.46. The predicted molar refractivity (Wildman–Crippen MR) is 126 cm³/mol. The minimum Gasteiger partial charge on any atom is -0.508 e. The van der Waals surface area contributed by atoms with Gasteiger partial charge in [-0.05, 0) is 36.1 Å². The number of esters is 1. The number of nitro groups is 1. The highest BCUT2D eigenvalue weighted by molar-refractivity contribution is 7.14. The summed E-state index contributed by atoms with van der Waals surface area (Å²) < 4.78 is 6.60. The van der Waals surface area contributed by atoms with Gasteiger partial charge in [-0.2, -0.15) is 0 Å². The van der Waals surface area contributed by atoms with Crippen molar-refractivity contribution >= 4 is 50.0 Å². The summed E-state index contributed by atoms with van der Waals surface area (Å²) in [5.41, 5.74) is -0.487. The molecule has 0 aliphatic carbocycles. The third-order valence-electron chi connectivity index (χ3n) is 6.90. The van der Waals surface area contributed by atoms with Gasteiger partial charge in [-0.15, -0.1) is 0 Å². The Labute approximate surface area is 201 Å². The van der Waals surface area contributed by atoms with Crippen LogP contribution in [0.3, 0.4) is 0 Å². The Hall–Kier alpha value is -3.77. The van der Waals surface area contributed by atoms with Crippen molar-refractivity contribution in [3.63, 3.8) is 0 Å². The molecule has 11 nitrogen and oxygen atoms in total. The van der Waals surface area contributed by atoms with Crippen LogP contribution in [0.5, 0.6) is 5.75 Å². The number of hydrogen-bond donors (Lipinski definition) is 2. The third-order valence-corrected chi connectivity index (χ3v) is 7.94. The Bertz CT molecular complexity index is 1540. The number of aliphatic hydroxyl groups is 1. The van der Waals surface area contributed by atoms with Crippen molar-refractivity contribution in [2.24, 2.45) is 11.8 Å². The highest BCUT2D eigenvalue weighted by Crippen LogP contribution is 2.48. The molecule has 1 aromatic heterocycles. The Morgan fingerprint density at radius 3 is 2.66 bits per heavy atom. The number of nitro benzene ring substituents is 1. The van der Waals surface area contributed by atoms with Crippen molar-refractivity contribution in [2.75, 3.05) is 7.11 Å². The van der Waals surface area contributed by atoms with E-state index in [9.17, 15) is 34.7 Å². The van der Waals surface area contributed by atoms with Crippen molar-refractivity contribution < 1.29 is 29.5 Å². The van der Waals surface area contributed by atoms with Crippen molar-refractivity contribution in [3.8, 4) is 5.75 Å². The van der Waals surface area contributed by atoms with E-state index in [0.717, 1.165) is 11.5 Å². The molecule has 2 aliphatic heterocycles. The molecule has 2 N–H and O–H groups in total. The van der Waals surface area contributed by atoms with Crippen LogP contribution in [-0.4, -0.2) is 55.1 Å². The van der Waals surface area contributed by atoms with Crippen LogP contribution >= 0.6 is 11.5 Å². The minimum atomic E-state index is -0.914. The van der Waals surface area contributed by atoms with Gasteiger partial charge in [0.15, 0.2) is 0 Å². The Kier molecular flexibility index (Phi) is 5.18. The first-order chi connectivity index (χ1) is 16.6. The fraction of sp³-hybridized carbons (Fsp3) is 0.348. The Morgan fingerprint density at radius 2 is 2.03 bits per heavy atom. The van der Waals surface area contributed by atoms with Crippen LogP contribution in [0.15, 0.2) is 40.3 Å². The molecule has 3 aromatic rings. The number of rotatable bonds is 5. The van der Waals surface area contributed by atoms with E-state index in [1.165, 1.54) is 41.1 Å². The number of β-lactam (4-membered cyclic amide) rings is 1. The van der Waals surface area contributed by atoms with E-state index in [1.807, 2.05) is 6.92 Å². The maximum atomic E-state index is 13.4. The second-order valence-corrected chi connectivity index (χ2v) is 9.88. The SMILES string of the molecule is COC(=O)C1=C(Cn2sc3cc4ccc(O)cc4c([N+](=O)[O-])c3c2=O)[C@H](C)C2[C@@H]([C@@H](C)O)C(=O)N12. The van der Waals surface area contributed by atoms with Gasteiger partial charge in [0, 0.05) is 5.92 Å². The lowest BCUT2D eigenvalue weighted by molar-refractivity contribution is -0.381. The summed E-state index contributed by atoms with van der Waals surface area (Å²) in [5, 5.41) is 32.4. The number of methoxy groups -OCH3 is 1. The summed E-state index contributed by atoms with van der Waals surface area (Å²) in [5.74, 6) is -2.32. The molecule has 0 saturated carbocycles. The van der Waals surface area contributed by atoms with Gasteiger partial charge >= 0.3 is 5.97 Å². The number of carbonyl (C=O) groups is 2. The van der Waals surface area contributed by atoms with Gasteiger partial charge in [0.05, 0.1) is 46.7 Å². The molecule has 182 valence electrons. The quantitative estimate of drug-likeness (QED) is 0.234. The number of hydrogen-bond acceptors (Lipinski definition) is 9. The summed E-state index contributed by atoms with van der Waals surface area (Å²) in [6.07, 6.45) is -0.914. The minimum absolute atomic E-state index is 0.0424. The van der Waals surface area contributed by atoms with Crippen molar-refractivity contribution in [2.45, 2.75) is 32.5 Å². The number of aromatic hydroxyl groups is 1. The number of non-ortho nitro benzene ring substituents is 1. The van der Waals surface area contributed by atoms with Crippen molar-refractivity contribution in [1.29, 1.82) is 0 Å². The van der Waals surface area contributed by atoms with E-state index < -0.39 is 46.1 Å². The van der Waals surface area contributed by atoms with E-state index >= 15 is 0 Å². The fourth-order valence-electron chi connectivity index (χ4n) is 5.29. The molecule has 35 heavy (non-hydrogen) atoms. The monoisotopic (exact) mass is 499 g/mol. The van der Waals surface area contributed by atoms with Gasteiger partial charge in [0.2, 0.25) is 5.91 Å². The summed E-state index contributed by atoms with van der Waals surface area (Å²) >= 11 is 1.01. The Balaban J connectivity index is 1.68. The average Bonchev–Trinajstić information content (AvgIpc) is 3.23. The molecule has 0 radical (unpaired) electrons. The Morgan fingerprint density at radius 1 is 1.31 bits per heavy atom. The van der Waals surface area contributed by atoms with Crippen molar-refractivity contribution in [3.05, 3.63) is 56.0 Å². The summed E-state index contributed by atoms with van der Waals surface area (Å²) in [7, 11) is 1.19. The summed E-state index contributed by atoms with van der Waals surface area (Å²) in [6.45, 7) is 3.25. The number of carbonyl (C=O) groups excluding carboxylic acids is 2. The normalized spacial score (nSPS) is 22.5. The van der Waals surface area contributed by atoms with Crippen LogP contribution in [-0.2, 0) is 20.9 Å². The average molecular weight is 500 g/mol. The molecule has 1 fully saturated rings. The van der Waals surface area contributed by atoms with E-state index in [0.29, 0.717) is 15.7 Å². The molecule has 1 saturated heterocycles. The number of nitrogens with zero attached hydrogens (tertiary/aromatic N) is 3. The topological polar surface area (TPSA) is 152 Å². The van der Waals surface area contributed by atoms with Gasteiger partial charge in [0.25, 0.3) is 11.2 Å². The van der Waals surface area contributed by atoms with Crippen LogP contribution in [0, 0.1) is 22.0 Å². The molecule has 12 heteroatoms. The number of ether oxygens (including phenoxy) is 1. The molecule has 4 atom stereocenters. The van der Waals surface area contributed by atoms with Gasteiger partial charge < -0.3 is 19.8 Å². The molecule has 2 aromatic carbocycles. The van der Waals surface area contributed by atoms with Crippen molar-refractivity contribution in [1.82, 2.24) is 8.86 Å². The first-order valence-corrected chi connectivity index (χ1v) is 11.6. The van der Waals surface area contributed by atoms with Gasteiger partial charge in [-0.1, -0.05) is 24.5 Å². The number of fused-ring (bicyclic) bond motifs is 3. The number of amides is 1. The number of phenols is 1. The molecule has 1 unspecified atom stereocenters.